The number of thioether (sulfide) groups is 2. The van der Waals surface area contributed by atoms with E-state index in [4.69, 9.17) is 9.15 Å². The maximum absolute atomic E-state index is 12.3. The van der Waals surface area contributed by atoms with Crippen LogP contribution in [0.2, 0.25) is 0 Å². The van der Waals surface area contributed by atoms with Crippen molar-refractivity contribution in [3.63, 3.8) is 0 Å². The van der Waals surface area contributed by atoms with Crippen LogP contribution < -0.4 is 4.74 Å². The quantitative estimate of drug-likeness (QED) is 0.658. The van der Waals surface area contributed by atoms with Gasteiger partial charge in [0.25, 0.3) is 0 Å². The lowest BCUT2D eigenvalue weighted by molar-refractivity contribution is -0.127. The highest BCUT2D eigenvalue weighted by molar-refractivity contribution is 8.00. The molecular formula is C18H21NO3S2. The molecule has 1 aliphatic heterocycles. The lowest BCUT2D eigenvalue weighted by atomic mass is 10.2. The van der Waals surface area contributed by atoms with Gasteiger partial charge in [-0.25, -0.2) is 0 Å². The molecule has 1 aromatic carbocycles. The molecule has 0 bridgehead atoms. The molecular weight excluding hydrogens is 342 g/mol. The Morgan fingerprint density at radius 2 is 2.21 bits per heavy atom. The Balaban J connectivity index is 1.62. The highest BCUT2D eigenvalue weighted by Crippen LogP contribution is 2.42. The first kappa shape index (κ1) is 17.3. The van der Waals surface area contributed by atoms with Gasteiger partial charge in [-0.05, 0) is 25.1 Å². The first-order valence-corrected chi connectivity index (χ1v) is 10.2. The van der Waals surface area contributed by atoms with Crippen molar-refractivity contribution in [1.82, 2.24) is 4.90 Å². The van der Waals surface area contributed by atoms with Gasteiger partial charge in [0.1, 0.15) is 16.9 Å². The summed E-state index contributed by atoms with van der Waals surface area (Å²) in [5.74, 6) is 4.31. The number of hydrogen-bond donors (Lipinski definition) is 0. The Morgan fingerprint density at radius 1 is 1.33 bits per heavy atom. The number of para-hydroxylation sites is 1. The molecule has 1 amide bonds. The van der Waals surface area contributed by atoms with Gasteiger partial charge >= 0.3 is 0 Å². The SMILES string of the molecule is CCOc1ccccc1C1SCC(=O)N1CCSCc1ccco1. The summed E-state index contributed by atoms with van der Waals surface area (Å²) >= 11 is 3.46. The molecule has 1 unspecified atom stereocenters. The molecule has 0 N–H and O–H groups in total. The van der Waals surface area contributed by atoms with E-state index in [2.05, 4.69) is 6.07 Å². The van der Waals surface area contributed by atoms with Crippen LogP contribution in [0.15, 0.2) is 47.1 Å². The second kappa shape index (κ2) is 8.53. The summed E-state index contributed by atoms with van der Waals surface area (Å²) < 4.78 is 11.1. The molecule has 2 heterocycles. The van der Waals surface area contributed by atoms with E-state index in [-0.39, 0.29) is 11.3 Å². The molecule has 2 aromatic rings. The summed E-state index contributed by atoms with van der Waals surface area (Å²) in [7, 11) is 0. The van der Waals surface area contributed by atoms with Gasteiger partial charge in [-0.2, -0.15) is 11.8 Å². The molecule has 0 spiro atoms. The van der Waals surface area contributed by atoms with Crippen molar-refractivity contribution in [2.75, 3.05) is 24.7 Å². The topological polar surface area (TPSA) is 42.7 Å². The minimum absolute atomic E-state index is 0.0458. The minimum Gasteiger partial charge on any atom is -0.493 e. The van der Waals surface area contributed by atoms with E-state index in [1.165, 1.54) is 0 Å². The Kier molecular flexibility index (Phi) is 6.15. The van der Waals surface area contributed by atoms with E-state index in [9.17, 15) is 4.79 Å². The number of furan rings is 1. The number of ether oxygens (including phenoxy) is 1. The lowest BCUT2D eigenvalue weighted by Gasteiger charge is -2.25. The average Bonchev–Trinajstić information content (AvgIpc) is 3.23. The van der Waals surface area contributed by atoms with E-state index >= 15 is 0 Å². The molecule has 1 fully saturated rings. The van der Waals surface area contributed by atoms with E-state index in [0.29, 0.717) is 12.4 Å². The molecule has 0 aliphatic carbocycles. The summed E-state index contributed by atoms with van der Waals surface area (Å²) in [5, 5.41) is 0.0458. The smallest absolute Gasteiger partial charge is 0.233 e. The van der Waals surface area contributed by atoms with Gasteiger partial charge in [0.05, 0.1) is 24.4 Å². The zero-order valence-corrected chi connectivity index (χ0v) is 15.3. The van der Waals surface area contributed by atoms with Gasteiger partial charge in [0.2, 0.25) is 5.91 Å². The number of carbonyl (C=O) groups excluding carboxylic acids is 1. The van der Waals surface area contributed by atoms with E-state index in [0.717, 1.165) is 35.1 Å². The monoisotopic (exact) mass is 363 g/mol. The van der Waals surface area contributed by atoms with E-state index in [1.54, 1.807) is 29.8 Å². The summed E-state index contributed by atoms with van der Waals surface area (Å²) in [5.41, 5.74) is 1.09. The Bertz CT molecular complexity index is 660. The van der Waals surface area contributed by atoms with Crippen molar-refractivity contribution in [2.45, 2.75) is 18.1 Å². The fourth-order valence-corrected chi connectivity index (χ4v) is 4.73. The number of nitrogens with zero attached hydrogens (tertiary/aromatic N) is 1. The number of hydrogen-bond acceptors (Lipinski definition) is 5. The first-order valence-electron chi connectivity index (χ1n) is 8.02. The van der Waals surface area contributed by atoms with Crippen LogP contribution in [-0.4, -0.2) is 35.5 Å². The van der Waals surface area contributed by atoms with Crippen molar-refractivity contribution in [3.05, 3.63) is 54.0 Å². The van der Waals surface area contributed by atoms with Crippen LogP contribution in [-0.2, 0) is 10.5 Å². The van der Waals surface area contributed by atoms with Gasteiger partial charge in [-0.1, -0.05) is 18.2 Å². The summed E-state index contributed by atoms with van der Waals surface area (Å²) in [6.07, 6.45) is 1.69. The van der Waals surface area contributed by atoms with Crippen molar-refractivity contribution in [2.24, 2.45) is 0 Å². The van der Waals surface area contributed by atoms with Crippen LogP contribution in [0, 0.1) is 0 Å². The van der Waals surface area contributed by atoms with Gasteiger partial charge in [-0.15, -0.1) is 11.8 Å². The second-order valence-corrected chi connectivity index (χ2v) is 7.53. The average molecular weight is 364 g/mol. The zero-order valence-electron chi connectivity index (χ0n) is 13.6. The maximum Gasteiger partial charge on any atom is 0.233 e. The minimum atomic E-state index is 0.0458. The zero-order chi connectivity index (χ0) is 16.8. The first-order chi connectivity index (χ1) is 11.8. The van der Waals surface area contributed by atoms with Crippen LogP contribution in [0.25, 0.3) is 0 Å². The predicted octanol–water partition coefficient (Wildman–Crippen LogP) is 4.19. The third kappa shape index (κ3) is 4.11. The number of amides is 1. The molecule has 24 heavy (non-hydrogen) atoms. The second-order valence-electron chi connectivity index (χ2n) is 5.35. The van der Waals surface area contributed by atoms with Gasteiger partial charge < -0.3 is 14.1 Å². The molecule has 1 aliphatic rings. The number of benzene rings is 1. The molecule has 1 atom stereocenters. The molecule has 3 rings (SSSR count). The predicted molar refractivity (Wildman–Crippen MR) is 99.4 cm³/mol. The summed E-state index contributed by atoms with van der Waals surface area (Å²) in [4.78, 5) is 14.3. The normalized spacial score (nSPS) is 17.5. The molecule has 1 saturated heterocycles. The summed E-state index contributed by atoms with van der Waals surface area (Å²) in [6, 6.07) is 11.9. The van der Waals surface area contributed by atoms with Gasteiger partial charge in [0, 0.05) is 17.9 Å². The van der Waals surface area contributed by atoms with Crippen LogP contribution in [0.5, 0.6) is 5.75 Å². The van der Waals surface area contributed by atoms with Crippen molar-refractivity contribution >= 4 is 29.4 Å². The van der Waals surface area contributed by atoms with E-state index < -0.39 is 0 Å². The largest absolute Gasteiger partial charge is 0.493 e. The Labute approximate surface area is 150 Å². The van der Waals surface area contributed by atoms with Crippen LogP contribution in [0.1, 0.15) is 23.6 Å². The molecule has 1 aromatic heterocycles. The van der Waals surface area contributed by atoms with E-state index in [1.807, 2.05) is 42.2 Å². The standard InChI is InChI=1S/C18H21NO3S2/c1-2-21-16-8-4-3-7-15(16)18-19(17(20)13-24-18)9-11-23-12-14-6-5-10-22-14/h3-8,10,18H,2,9,11-13H2,1H3. The fourth-order valence-electron chi connectivity index (χ4n) is 2.66. The highest BCUT2D eigenvalue weighted by atomic mass is 32.2. The third-order valence-electron chi connectivity index (χ3n) is 3.75. The Morgan fingerprint density at radius 3 is 3.00 bits per heavy atom. The van der Waals surface area contributed by atoms with Crippen molar-refractivity contribution in [1.29, 1.82) is 0 Å². The number of rotatable bonds is 8. The lowest BCUT2D eigenvalue weighted by Crippen LogP contribution is -2.30. The molecule has 4 nitrogen and oxygen atoms in total. The van der Waals surface area contributed by atoms with Crippen LogP contribution >= 0.6 is 23.5 Å². The molecule has 0 radical (unpaired) electrons. The Hall–Kier alpha value is -1.53. The van der Waals surface area contributed by atoms with Crippen LogP contribution in [0.4, 0.5) is 0 Å². The van der Waals surface area contributed by atoms with Gasteiger partial charge in [0.15, 0.2) is 0 Å². The number of carbonyl (C=O) groups is 1. The molecule has 0 saturated carbocycles. The molecule has 128 valence electrons. The van der Waals surface area contributed by atoms with Crippen LogP contribution in [0.3, 0.4) is 0 Å². The maximum atomic E-state index is 12.3. The highest BCUT2D eigenvalue weighted by Gasteiger charge is 2.34. The van der Waals surface area contributed by atoms with Crippen molar-refractivity contribution in [3.8, 4) is 5.75 Å². The summed E-state index contributed by atoms with van der Waals surface area (Å²) in [6.45, 7) is 3.34. The molecule has 6 heteroatoms. The van der Waals surface area contributed by atoms with Crippen molar-refractivity contribution < 1.29 is 13.9 Å². The third-order valence-corrected chi connectivity index (χ3v) is 5.95. The van der Waals surface area contributed by atoms with Gasteiger partial charge in [-0.3, -0.25) is 4.79 Å². The fraction of sp³-hybridized carbons (Fsp3) is 0.389.